The largest absolute Gasteiger partial charge is 0.496 e. The van der Waals surface area contributed by atoms with Gasteiger partial charge >= 0.3 is 7.12 Å². The number of rotatable bonds is 6. The molecule has 2 aromatic rings. The van der Waals surface area contributed by atoms with Crippen molar-refractivity contribution in [2.75, 3.05) is 7.11 Å². The molecule has 2 aromatic carbocycles. The van der Waals surface area contributed by atoms with E-state index in [0.29, 0.717) is 23.3 Å². The second-order valence-corrected chi connectivity index (χ2v) is 8.54. The summed E-state index contributed by atoms with van der Waals surface area (Å²) in [7, 11) is -0.147. The van der Waals surface area contributed by atoms with Crippen molar-refractivity contribution in [1.82, 2.24) is 10.4 Å². The molecule has 0 aliphatic rings. The average molecular weight is 426 g/mol. The van der Waals surface area contributed by atoms with E-state index in [9.17, 15) is 19.6 Å². The van der Waals surface area contributed by atoms with Crippen LogP contribution < -0.4 is 15.6 Å². The monoisotopic (exact) mass is 426 g/mol. The number of hydrogen-bond donors (Lipinski definition) is 3. The summed E-state index contributed by atoms with van der Waals surface area (Å²) in [4.78, 5) is 26.6. The third-order valence-electron chi connectivity index (χ3n) is 5.32. The van der Waals surface area contributed by atoms with Crippen LogP contribution in [-0.4, -0.2) is 47.1 Å². The number of hydrogen-bond acceptors (Lipinski definition) is 5. The molecule has 31 heavy (non-hydrogen) atoms. The highest BCUT2D eigenvalue weighted by Crippen LogP contribution is 2.29. The Balaban J connectivity index is 2.48. The van der Waals surface area contributed by atoms with Crippen molar-refractivity contribution in [3.63, 3.8) is 0 Å². The number of methoxy groups -OCH3 is 1. The van der Waals surface area contributed by atoms with Gasteiger partial charge in [0.05, 0.1) is 13.2 Å². The van der Waals surface area contributed by atoms with E-state index >= 15 is 0 Å². The van der Waals surface area contributed by atoms with Crippen LogP contribution in [0.25, 0.3) is 0 Å². The Kier molecular flexibility index (Phi) is 7.87. The van der Waals surface area contributed by atoms with Crippen LogP contribution in [0.5, 0.6) is 5.75 Å². The van der Waals surface area contributed by atoms with Gasteiger partial charge in [-0.05, 0) is 48.5 Å². The fraction of sp³-hybridized carbons (Fsp3) is 0.391. The van der Waals surface area contributed by atoms with Gasteiger partial charge in [0.25, 0.3) is 11.8 Å². The molecule has 7 nitrogen and oxygen atoms in total. The number of benzene rings is 2. The van der Waals surface area contributed by atoms with Crippen LogP contribution in [0.1, 0.15) is 60.4 Å². The van der Waals surface area contributed by atoms with Crippen molar-refractivity contribution < 1.29 is 24.4 Å². The smallest absolute Gasteiger partial charge is 0.488 e. The summed E-state index contributed by atoms with van der Waals surface area (Å²) >= 11 is 0. The number of carbonyl (C=O) groups excluding carboxylic acids is 2. The van der Waals surface area contributed by atoms with E-state index in [0.717, 1.165) is 0 Å². The summed E-state index contributed by atoms with van der Waals surface area (Å²) in [6.07, 6.45) is 0.619. The van der Waals surface area contributed by atoms with Crippen LogP contribution in [0.15, 0.2) is 42.5 Å². The van der Waals surface area contributed by atoms with Crippen molar-refractivity contribution in [2.24, 2.45) is 5.41 Å². The highest BCUT2D eigenvalue weighted by atomic mass is 16.5. The van der Waals surface area contributed by atoms with Gasteiger partial charge in [-0.3, -0.25) is 15.0 Å². The molecular weight excluding hydrogens is 395 g/mol. The molecule has 2 rings (SSSR count). The maximum atomic E-state index is 13.6. The molecule has 0 aromatic heterocycles. The lowest BCUT2D eigenvalue weighted by Crippen LogP contribution is -2.56. The topological polar surface area (TPSA) is 99.1 Å². The maximum Gasteiger partial charge on any atom is 0.488 e. The predicted octanol–water partition coefficient (Wildman–Crippen LogP) is 2.30. The van der Waals surface area contributed by atoms with Crippen molar-refractivity contribution in [3.05, 3.63) is 59.2 Å². The molecule has 0 spiro atoms. The predicted molar refractivity (Wildman–Crippen MR) is 121 cm³/mol. The van der Waals surface area contributed by atoms with Gasteiger partial charge in [-0.15, -0.1) is 0 Å². The standard InChI is InChI=1S/C23H31BN2O5/c1-7-20(23(3,4)5)26(22(28)18-12-9-13-19(31-6)15(18)2)25-21(27)16-10-8-11-17(14-16)24(29)30/h8-14,20,29-30H,7H2,1-6H3,(H,25,27). The normalized spacial score (nSPS) is 12.1. The average Bonchev–Trinajstić information content (AvgIpc) is 2.72. The minimum atomic E-state index is -1.69. The SMILES string of the molecule is CCC(N(NC(=O)c1cccc(B(O)O)c1)C(=O)c1cccc(OC)c1C)C(C)(C)C. The van der Waals surface area contributed by atoms with Gasteiger partial charge in [-0.2, -0.15) is 0 Å². The van der Waals surface area contributed by atoms with E-state index < -0.39 is 13.0 Å². The van der Waals surface area contributed by atoms with Gasteiger partial charge in [-0.25, -0.2) is 5.01 Å². The first kappa shape index (κ1) is 24.4. The molecule has 3 N–H and O–H groups in total. The number of carbonyl (C=O) groups is 2. The second kappa shape index (κ2) is 9.98. The van der Waals surface area contributed by atoms with E-state index in [1.165, 1.54) is 17.1 Å². The molecule has 0 saturated carbocycles. The van der Waals surface area contributed by atoms with Crippen molar-refractivity contribution in [2.45, 2.75) is 47.1 Å². The Labute approximate surface area is 184 Å². The highest BCUT2D eigenvalue weighted by molar-refractivity contribution is 6.58. The van der Waals surface area contributed by atoms with Gasteiger partial charge in [0, 0.05) is 16.7 Å². The fourth-order valence-corrected chi connectivity index (χ4v) is 3.66. The number of nitrogens with zero attached hydrogens (tertiary/aromatic N) is 1. The second-order valence-electron chi connectivity index (χ2n) is 8.54. The lowest BCUT2D eigenvalue weighted by molar-refractivity contribution is 0.0284. The third-order valence-corrected chi connectivity index (χ3v) is 5.32. The van der Waals surface area contributed by atoms with Gasteiger partial charge in [-0.1, -0.05) is 45.9 Å². The molecule has 166 valence electrons. The van der Waals surface area contributed by atoms with Crippen LogP contribution in [-0.2, 0) is 0 Å². The van der Waals surface area contributed by atoms with Crippen LogP contribution >= 0.6 is 0 Å². The zero-order valence-electron chi connectivity index (χ0n) is 19.0. The summed E-state index contributed by atoms with van der Waals surface area (Å²) < 4.78 is 5.35. The van der Waals surface area contributed by atoms with Crippen LogP contribution in [0.3, 0.4) is 0 Å². The van der Waals surface area contributed by atoms with E-state index in [-0.39, 0.29) is 28.4 Å². The number of ether oxygens (including phenoxy) is 1. The lowest BCUT2D eigenvalue weighted by atomic mass is 9.79. The van der Waals surface area contributed by atoms with E-state index in [2.05, 4.69) is 5.43 Å². The minimum absolute atomic E-state index is 0.192. The van der Waals surface area contributed by atoms with Crippen molar-refractivity contribution >= 4 is 24.4 Å². The van der Waals surface area contributed by atoms with E-state index in [1.54, 1.807) is 44.4 Å². The summed E-state index contributed by atoms with van der Waals surface area (Å²) in [6.45, 7) is 9.79. The van der Waals surface area contributed by atoms with Gasteiger partial charge in [0.2, 0.25) is 0 Å². The Morgan fingerprint density at radius 2 is 1.81 bits per heavy atom. The molecule has 0 radical (unpaired) electrons. The first-order valence-corrected chi connectivity index (χ1v) is 10.3. The summed E-state index contributed by atoms with van der Waals surface area (Å²) in [5.74, 6) is -0.269. The lowest BCUT2D eigenvalue weighted by Gasteiger charge is -2.39. The number of nitrogens with one attached hydrogen (secondary N) is 1. The Bertz CT molecular complexity index is 940. The van der Waals surface area contributed by atoms with Gasteiger partial charge in [0.15, 0.2) is 0 Å². The summed E-state index contributed by atoms with van der Waals surface area (Å²) in [5.41, 5.74) is 3.97. The van der Waals surface area contributed by atoms with Gasteiger partial charge in [0.1, 0.15) is 5.75 Å². The minimum Gasteiger partial charge on any atom is -0.496 e. The molecule has 1 atom stereocenters. The van der Waals surface area contributed by atoms with Gasteiger partial charge < -0.3 is 14.8 Å². The summed E-state index contributed by atoms with van der Waals surface area (Å²) in [5, 5.41) is 20.2. The quantitative estimate of drug-likeness (QED) is 0.486. The highest BCUT2D eigenvalue weighted by Gasteiger charge is 2.35. The molecule has 0 heterocycles. The molecule has 2 amide bonds. The Morgan fingerprint density at radius 3 is 2.35 bits per heavy atom. The first-order valence-electron chi connectivity index (χ1n) is 10.3. The Hall–Kier alpha value is -2.84. The first-order chi connectivity index (χ1) is 14.5. The zero-order valence-corrected chi connectivity index (χ0v) is 19.0. The molecule has 0 bridgehead atoms. The molecule has 0 saturated heterocycles. The van der Waals surface area contributed by atoms with Crippen LogP contribution in [0.2, 0.25) is 0 Å². The third kappa shape index (κ3) is 5.65. The van der Waals surface area contributed by atoms with E-state index in [1.807, 2.05) is 27.7 Å². The fourth-order valence-electron chi connectivity index (χ4n) is 3.66. The molecule has 0 fully saturated rings. The van der Waals surface area contributed by atoms with Crippen molar-refractivity contribution in [1.29, 1.82) is 0 Å². The molecule has 1 unspecified atom stereocenters. The van der Waals surface area contributed by atoms with Crippen molar-refractivity contribution in [3.8, 4) is 5.75 Å². The van der Waals surface area contributed by atoms with Crippen LogP contribution in [0, 0.1) is 12.3 Å². The van der Waals surface area contributed by atoms with E-state index in [4.69, 9.17) is 4.74 Å². The molecule has 0 aliphatic heterocycles. The maximum absolute atomic E-state index is 13.6. The zero-order chi connectivity index (χ0) is 23.3. The molecule has 8 heteroatoms. The Morgan fingerprint density at radius 1 is 1.16 bits per heavy atom. The number of amides is 2. The molecular formula is C23H31BN2O5. The van der Waals surface area contributed by atoms with Crippen LogP contribution in [0.4, 0.5) is 0 Å². The summed E-state index contributed by atoms with van der Waals surface area (Å²) in [6, 6.07) is 10.9. The molecule has 0 aliphatic carbocycles. The number of hydrazine groups is 1.